The van der Waals surface area contributed by atoms with Gasteiger partial charge in [0.25, 0.3) is 0 Å². The third-order valence-corrected chi connectivity index (χ3v) is 3.59. The van der Waals surface area contributed by atoms with Crippen LogP contribution in [0.1, 0.15) is 78.1 Å². The maximum atomic E-state index is 10.9. The van der Waals surface area contributed by atoms with Crippen molar-refractivity contribution in [2.24, 2.45) is 5.92 Å². The second-order valence-corrected chi connectivity index (χ2v) is 5.16. The van der Waals surface area contributed by atoms with Gasteiger partial charge in [0, 0.05) is 5.57 Å². The van der Waals surface area contributed by atoms with Crippen molar-refractivity contribution in [3.63, 3.8) is 0 Å². The molecule has 0 aromatic heterocycles. The van der Waals surface area contributed by atoms with Gasteiger partial charge in [-0.3, -0.25) is 0 Å². The van der Waals surface area contributed by atoms with Gasteiger partial charge >= 0.3 is 0 Å². The lowest BCUT2D eigenvalue weighted by molar-refractivity contribution is 0.465. The van der Waals surface area contributed by atoms with Gasteiger partial charge in [-0.15, -0.1) is 0 Å². The van der Waals surface area contributed by atoms with Gasteiger partial charge in [-0.2, -0.15) is 0 Å². The summed E-state index contributed by atoms with van der Waals surface area (Å²) in [5.74, 6) is 2.47. The first-order valence-corrected chi connectivity index (χ1v) is 7.67. The van der Waals surface area contributed by atoms with E-state index in [9.17, 15) is 4.79 Å². The van der Waals surface area contributed by atoms with E-state index in [1.54, 1.807) is 6.08 Å². The zero-order valence-electron chi connectivity index (χ0n) is 12.3. The van der Waals surface area contributed by atoms with Crippen LogP contribution in [0.25, 0.3) is 0 Å². The molecule has 0 fully saturated rings. The molecule has 1 nitrogen and oxygen atoms in total. The second-order valence-electron chi connectivity index (χ2n) is 5.16. The number of hydrogen-bond donors (Lipinski definition) is 0. The molecule has 0 heterocycles. The Balaban J connectivity index is 3.93. The molecule has 0 aromatic rings. The molecule has 1 heteroatoms. The second kappa shape index (κ2) is 12.6. The Kier molecular flexibility index (Phi) is 12.1. The number of allylic oxidation sites excluding steroid dienone is 2. The molecular formula is C17H30O. The summed E-state index contributed by atoms with van der Waals surface area (Å²) in [4.78, 5) is 10.9. The molecule has 0 amide bonds. The van der Waals surface area contributed by atoms with E-state index in [0.29, 0.717) is 5.92 Å². The Hall–Kier alpha value is -0.810. The quantitative estimate of drug-likeness (QED) is 0.254. The van der Waals surface area contributed by atoms with Gasteiger partial charge in [0.2, 0.25) is 0 Å². The van der Waals surface area contributed by atoms with Gasteiger partial charge in [-0.1, -0.05) is 77.9 Å². The smallest absolute Gasteiger partial charge is 0.128 e. The molecule has 0 saturated heterocycles. The number of rotatable bonds is 12. The van der Waals surface area contributed by atoms with E-state index in [1.165, 1.54) is 51.4 Å². The van der Waals surface area contributed by atoms with Gasteiger partial charge in [-0.25, -0.2) is 4.79 Å². The van der Waals surface area contributed by atoms with Crippen molar-refractivity contribution in [2.45, 2.75) is 78.1 Å². The summed E-state index contributed by atoms with van der Waals surface area (Å²) in [6.45, 7) is 8.17. The van der Waals surface area contributed by atoms with Crippen molar-refractivity contribution >= 4 is 5.94 Å². The predicted molar refractivity (Wildman–Crippen MR) is 80.4 cm³/mol. The highest BCUT2D eigenvalue weighted by Crippen LogP contribution is 2.24. The lowest BCUT2D eigenvalue weighted by atomic mass is 9.89. The molecule has 0 aliphatic rings. The minimum atomic E-state index is 0.395. The highest BCUT2D eigenvalue weighted by molar-refractivity contribution is 5.57. The van der Waals surface area contributed by atoms with Crippen LogP contribution in [0.15, 0.2) is 18.2 Å². The molecule has 1 unspecified atom stereocenters. The Labute approximate surface area is 113 Å². The Morgan fingerprint density at radius 2 is 1.56 bits per heavy atom. The fourth-order valence-corrected chi connectivity index (χ4v) is 2.37. The molecule has 0 radical (unpaired) electrons. The van der Waals surface area contributed by atoms with Crippen molar-refractivity contribution in [3.8, 4) is 0 Å². The molecule has 0 aliphatic heterocycles. The van der Waals surface area contributed by atoms with Gasteiger partial charge < -0.3 is 0 Å². The van der Waals surface area contributed by atoms with E-state index >= 15 is 0 Å². The lowest BCUT2D eigenvalue weighted by Gasteiger charge is -2.15. The average molecular weight is 250 g/mol. The molecule has 104 valence electrons. The van der Waals surface area contributed by atoms with Gasteiger partial charge in [-0.05, 0) is 18.8 Å². The zero-order chi connectivity index (χ0) is 13.6. The van der Waals surface area contributed by atoms with Crippen LogP contribution in [0, 0.1) is 5.92 Å². The largest absolute Gasteiger partial charge is 0.233 e. The summed E-state index contributed by atoms with van der Waals surface area (Å²) in [5, 5.41) is 0. The van der Waals surface area contributed by atoms with Crippen LogP contribution in [0.5, 0.6) is 0 Å². The Bertz CT molecular complexity index is 248. The highest BCUT2D eigenvalue weighted by Gasteiger charge is 2.12. The fourth-order valence-electron chi connectivity index (χ4n) is 2.37. The normalized spacial score (nSPS) is 11.9. The number of carbonyl (C=O) groups excluding carboxylic acids is 1. The standard InChI is InChI=1S/C17H30O/c1-4-7-9-10-11-12-14-17(13-8-5-2)16(6-3)15-18/h6,17H,3-5,7-14H2,1-2H3. The molecule has 0 bridgehead atoms. The first-order chi connectivity index (χ1) is 8.79. The van der Waals surface area contributed by atoms with Gasteiger partial charge in [0.05, 0.1) is 0 Å². The van der Waals surface area contributed by atoms with Crippen LogP contribution in [0.2, 0.25) is 0 Å². The van der Waals surface area contributed by atoms with Crippen molar-refractivity contribution in [1.82, 2.24) is 0 Å². The summed E-state index contributed by atoms with van der Waals surface area (Å²) >= 11 is 0. The van der Waals surface area contributed by atoms with Crippen molar-refractivity contribution < 1.29 is 4.79 Å². The molecular weight excluding hydrogens is 220 g/mol. The molecule has 0 rings (SSSR count). The van der Waals surface area contributed by atoms with E-state index in [4.69, 9.17) is 0 Å². The van der Waals surface area contributed by atoms with Gasteiger partial charge in [0.15, 0.2) is 0 Å². The van der Waals surface area contributed by atoms with Crippen molar-refractivity contribution in [2.75, 3.05) is 0 Å². The third-order valence-electron chi connectivity index (χ3n) is 3.59. The SMILES string of the molecule is C=CC(=C=O)C(CCCC)CCCCCCCC. The Morgan fingerprint density at radius 1 is 1.00 bits per heavy atom. The summed E-state index contributed by atoms with van der Waals surface area (Å²) in [7, 11) is 0. The Morgan fingerprint density at radius 3 is 2.11 bits per heavy atom. The van der Waals surface area contributed by atoms with Crippen LogP contribution in [0.4, 0.5) is 0 Å². The van der Waals surface area contributed by atoms with Crippen LogP contribution in [-0.2, 0) is 4.79 Å². The third kappa shape index (κ3) is 8.31. The molecule has 1 atom stereocenters. The molecule has 0 aromatic carbocycles. The minimum absolute atomic E-state index is 0.395. The first kappa shape index (κ1) is 17.2. The van der Waals surface area contributed by atoms with Crippen LogP contribution in [0.3, 0.4) is 0 Å². The maximum Gasteiger partial charge on any atom is 0.128 e. The van der Waals surface area contributed by atoms with E-state index in [0.717, 1.165) is 18.4 Å². The number of hydrogen-bond acceptors (Lipinski definition) is 1. The predicted octanol–water partition coefficient (Wildman–Crippen LogP) is 5.49. The summed E-state index contributed by atoms with van der Waals surface area (Å²) in [6, 6.07) is 0. The summed E-state index contributed by atoms with van der Waals surface area (Å²) < 4.78 is 0. The zero-order valence-corrected chi connectivity index (χ0v) is 12.3. The minimum Gasteiger partial charge on any atom is -0.233 e. The van der Waals surface area contributed by atoms with Crippen LogP contribution >= 0.6 is 0 Å². The van der Waals surface area contributed by atoms with E-state index in [-0.39, 0.29) is 0 Å². The topological polar surface area (TPSA) is 17.1 Å². The first-order valence-electron chi connectivity index (χ1n) is 7.67. The maximum absolute atomic E-state index is 10.9. The van der Waals surface area contributed by atoms with Crippen LogP contribution in [-0.4, -0.2) is 5.94 Å². The monoisotopic (exact) mass is 250 g/mol. The van der Waals surface area contributed by atoms with E-state index in [1.807, 2.05) is 0 Å². The van der Waals surface area contributed by atoms with Crippen LogP contribution < -0.4 is 0 Å². The van der Waals surface area contributed by atoms with Crippen molar-refractivity contribution in [1.29, 1.82) is 0 Å². The molecule has 0 saturated carbocycles. The lowest BCUT2D eigenvalue weighted by Crippen LogP contribution is -2.04. The fraction of sp³-hybridized carbons (Fsp3) is 0.765. The van der Waals surface area contributed by atoms with E-state index in [2.05, 4.69) is 26.4 Å². The molecule has 0 aliphatic carbocycles. The number of unbranched alkanes of at least 4 members (excludes halogenated alkanes) is 6. The molecule has 0 spiro atoms. The van der Waals surface area contributed by atoms with Crippen molar-refractivity contribution in [3.05, 3.63) is 18.2 Å². The van der Waals surface area contributed by atoms with E-state index < -0.39 is 0 Å². The molecule has 0 N–H and O–H groups in total. The summed E-state index contributed by atoms with van der Waals surface area (Å²) in [5.41, 5.74) is 0.789. The highest BCUT2D eigenvalue weighted by atomic mass is 16.1. The molecule has 18 heavy (non-hydrogen) atoms. The average Bonchev–Trinajstić information content (AvgIpc) is 2.40. The summed E-state index contributed by atoms with van der Waals surface area (Å²) in [6.07, 6.45) is 14.2. The van der Waals surface area contributed by atoms with Gasteiger partial charge in [0.1, 0.15) is 5.94 Å².